The Bertz CT molecular complexity index is 650. The van der Waals surface area contributed by atoms with Crippen LogP contribution in [0.25, 0.3) is 0 Å². The number of piperidine rings is 1. The van der Waals surface area contributed by atoms with Gasteiger partial charge in [-0.15, -0.1) is 0 Å². The summed E-state index contributed by atoms with van der Waals surface area (Å²) in [4.78, 5) is 26.9. The average Bonchev–Trinajstić information content (AvgIpc) is 2.96. The normalized spacial score (nSPS) is 31.0. The molecule has 7 heteroatoms. The molecule has 1 aromatic rings. The molecule has 3 N–H and O–H groups in total. The summed E-state index contributed by atoms with van der Waals surface area (Å²) in [5.74, 6) is 1.16. The van der Waals surface area contributed by atoms with Crippen molar-refractivity contribution in [2.24, 2.45) is 17.6 Å². The quantitative estimate of drug-likeness (QED) is 0.841. The molecule has 1 aliphatic carbocycles. The zero-order valence-electron chi connectivity index (χ0n) is 13.6. The van der Waals surface area contributed by atoms with Crippen LogP contribution in [0.5, 0.6) is 0 Å². The number of carbonyl (C=O) groups excluding carboxylic acids is 2. The number of rotatable bonds is 4. The van der Waals surface area contributed by atoms with Crippen molar-refractivity contribution in [3.63, 3.8) is 0 Å². The van der Waals surface area contributed by atoms with Gasteiger partial charge in [0.1, 0.15) is 6.10 Å². The minimum Gasteiger partial charge on any atom is -0.442 e. The highest BCUT2D eigenvalue weighted by molar-refractivity contribution is 5.90. The summed E-state index contributed by atoms with van der Waals surface area (Å²) in [5, 5.41) is 2.68. The molecule has 2 heterocycles. The molecule has 24 heavy (non-hydrogen) atoms. The minimum atomic E-state index is -0.369. The SMILES string of the molecule is CC(=O)NC[C@H]1CN(c2ccc(N3C[C@@H]4C(N)[C@@H]4C3)cc2)C(=O)O1. The summed E-state index contributed by atoms with van der Waals surface area (Å²) in [6.45, 7) is 4.28. The third kappa shape index (κ3) is 2.69. The van der Waals surface area contributed by atoms with Crippen molar-refractivity contribution in [2.45, 2.75) is 19.1 Å². The molecule has 1 saturated carbocycles. The number of amides is 2. The van der Waals surface area contributed by atoms with Gasteiger partial charge in [-0.05, 0) is 36.1 Å². The molecule has 128 valence electrons. The van der Waals surface area contributed by atoms with Crippen LogP contribution < -0.4 is 20.9 Å². The van der Waals surface area contributed by atoms with Gasteiger partial charge in [0, 0.05) is 37.4 Å². The van der Waals surface area contributed by atoms with Gasteiger partial charge < -0.3 is 20.7 Å². The molecule has 4 rings (SSSR count). The molecule has 0 bridgehead atoms. The molecular formula is C17H22N4O3. The van der Waals surface area contributed by atoms with E-state index in [0.29, 0.717) is 31.0 Å². The second-order valence-electron chi connectivity index (χ2n) is 6.88. The fraction of sp³-hybridized carbons (Fsp3) is 0.529. The maximum absolute atomic E-state index is 12.0. The van der Waals surface area contributed by atoms with E-state index in [9.17, 15) is 9.59 Å². The van der Waals surface area contributed by atoms with E-state index in [-0.39, 0.29) is 18.1 Å². The van der Waals surface area contributed by atoms with Crippen molar-refractivity contribution < 1.29 is 14.3 Å². The lowest BCUT2D eigenvalue weighted by molar-refractivity contribution is -0.119. The van der Waals surface area contributed by atoms with Crippen molar-refractivity contribution in [3.05, 3.63) is 24.3 Å². The summed E-state index contributed by atoms with van der Waals surface area (Å²) < 4.78 is 5.29. The molecule has 0 spiro atoms. The van der Waals surface area contributed by atoms with E-state index >= 15 is 0 Å². The van der Waals surface area contributed by atoms with Crippen LogP contribution in [0.1, 0.15) is 6.92 Å². The maximum atomic E-state index is 12.0. The van der Waals surface area contributed by atoms with Crippen molar-refractivity contribution in [3.8, 4) is 0 Å². The maximum Gasteiger partial charge on any atom is 0.414 e. The highest BCUT2D eigenvalue weighted by atomic mass is 16.6. The number of anilines is 2. The molecule has 7 nitrogen and oxygen atoms in total. The van der Waals surface area contributed by atoms with E-state index < -0.39 is 0 Å². The van der Waals surface area contributed by atoms with Gasteiger partial charge in [-0.25, -0.2) is 4.79 Å². The highest BCUT2D eigenvalue weighted by Crippen LogP contribution is 2.45. The Balaban J connectivity index is 1.38. The predicted molar refractivity (Wildman–Crippen MR) is 89.9 cm³/mol. The third-order valence-electron chi connectivity index (χ3n) is 5.24. The first-order valence-electron chi connectivity index (χ1n) is 8.36. The summed E-state index contributed by atoms with van der Waals surface area (Å²) in [6, 6.07) is 8.36. The first-order valence-corrected chi connectivity index (χ1v) is 8.36. The third-order valence-corrected chi connectivity index (χ3v) is 5.24. The molecule has 3 aliphatic rings. The lowest BCUT2D eigenvalue weighted by Crippen LogP contribution is -2.33. The fourth-order valence-electron chi connectivity index (χ4n) is 3.72. The molecule has 2 aliphatic heterocycles. The van der Waals surface area contributed by atoms with Gasteiger partial charge in [-0.2, -0.15) is 0 Å². The monoisotopic (exact) mass is 330 g/mol. The molecule has 1 unspecified atom stereocenters. The Labute approximate surface area is 140 Å². The van der Waals surface area contributed by atoms with E-state index in [4.69, 9.17) is 10.5 Å². The second kappa shape index (κ2) is 5.66. The minimum absolute atomic E-state index is 0.128. The average molecular weight is 330 g/mol. The molecular weight excluding hydrogens is 308 g/mol. The topological polar surface area (TPSA) is 87.9 Å². The summed E-state index contributed by atoms with van der Waals surface area (Å²) in [5.41, 5.74) is 7.96. The zero-order chi connectivity index (χ0) is 16.8. The van der Waals surface area contributed by atoms with E-state index in [0.717, 1.165) is 18.8 Å². The number of benzene rings is 1. The van der Waals surface area contributed by atoms with Crippen LogP contribution in [0.4, 0.5) is 16.2 Å². The van der Waals surface area contributed by atoms with Gasteiger partial charge in [0.15, 0.2) is 0 Å². The van der Waals surface area contributed by atoms with Gasteiger partial charge in [0.2, 0.25) is 5.91 Å². The van der Waals surface area contributed by atoms with E-state index in [1.54, 1.807) is 4.90 Å². The lowest BCUT2D eigenvalue weighted by atomic mass is 10.2. The van der Waals surface area contributed by atoms with Crippen molar-refractivity contribution >= 4 is 23.4 Å². The molecule has 2 saturated heterocycles. The Morgan fingerprint density at radius 3 is 2.46 bits per heavy atom. The van der Waals surface area contributed by atoms with Crippen LogP contribution in [-0.2, 0) is 9.53 Å². The number of ether oxygens (including phenoxy) is 1. The van der Waals surface area contributed by atoms with Gasteiger partial charge in [0.05, 0.1) is 13.1 Å². The van der Waals surface area contributed by atoms with Gasteiger partial charge in [0.25, 0.3) is 0 Å². The zero-order valence-corrected chi connectivity index (χ0v) is 13.6. The second-order valence-corrected chi connectivity index (χ2v) is 6.88. The number of hydrogen-bond donors (Lipinski definition) is 2. The number of nitrogens with two attached hydrogens (primary N) is 1. The molecule has 3 fully saturated rings. The van der Waals surface area contributed by atoms with E-state index in [1.165, 1.54) is 12.6 Å². The number of nitrogens with zero attached hydrogens (tertiary/aromatic N) is 2. The number of fused-ring (bicyclic) bond motifs is 1. The Morgan fingerprint density at radius 2 is 1.83 bits per heavy atom. The first-order chi connectivity index (χ1) is 11.5. The number of nitrogens with one attached hydrogen (secondary N) is 1. The highest BCUT2D eigenvalue weighted by Gasteiger charge is 2.53. The predicted octanol–water partition coefficient (Wildman–Crippen LogP) is 0.541. The molecule has 2 amide bonds. The van der Waals surface area contributed by atoms with Crippen LogP contribution in [0.2, 0.25) is 0 Å². The Morgan fingerprint density at radius 1 is 1.21 bits per heavy atom. The van der Waals surface area contributed by atoms with E-state index in [1.807, 2.05) is 24.3 Å². The largest absolute Gasteiger partial charge is 0.442 e. The number of carbonyl (C=O) groups is 2. The smallest absolute Gasteiger partial charge is 0.414 e. The van der Waals surface area contributed by atoms with Crippen molar-refractivity contribution in [1.82, 2.24) is 5.32 Å². The van der Waals surface area contributed by atoms with Crippen LogP contribution in [-0.4, -0.2) is 50.3 Å². The van der Waals surface area contributed by atoms with Crippen molar-refractivity contribution in [2.75, 3.05) is 36.0 Å². The van der Waals surface area contributed by atoms with Crippen LogP contribution in [0.15, 0.2) is 24.3 Å². The standard InChI is InChI=1S/C17H22N4O3/c1-10(22)19-6-13-7-21(17(23)24-13)12-4-2-11(3-5-12)20-8-14-15(9-20)16(14)18/h2-5,13-16H,6-9,18H2,1H3,(H,19,22)/t13-,14-,15+,16?/m0/s1. The molecule has 0 aromatic heterocycles. The van der Waals surface area contributed by atoms with E-state index in [2.05, 4.69) is 10.2 Å². The summed E-state index contributed by atoms with van der Waals surface area (Å²) in [6.07, 6.45) is -0.681. The fourth-order valence-corrected chi connectivity index (χ4v) is 3.72. The van der Waals surface area contributed by atoms with Crippen molar-refractivity contribution in [1.29, 1.82) is 0 Å². The Hall–Kier alpha value is -2.28. The van der Waals surface area contributed by atoms with Gasteiger partial charge in [-0.3, -0.25) is 9.69 Å². The molecule has 1 aromatic carbocycles. The van der Waals surface area contributed by atoms with Gasteiger partial charge >= 0.3 is 6.09 Å². The first kappa shape index (κ1) is 15.3. The lowest BCUT2D eigenvalue weighted by Gasteiger charge is -2.22. The van der Waals surface area contributed by atoms with Crippen LogP contribution in [0.3, 0.4) is 0 Å². The molecule has 0 radical (unpaired) electrons. The Kier molecular flexibility index (Phi) is 3.60. The van der Waals surface area contributed by atoms with Crippen LogP contribution in [0, 0.1) is 11.8 Å². The van der Waals surface area contributed by atoms with Crippen LogP contribution >= 0.6 is 0 Å². The van der Waals surface area contributed by atoms with Gasteiger partial charge in [-0.1, -0.05) is 0 Å². The number of hydrogen-bond acceptors (Lipinski definition) is 5. The molecule has 4 atom stereocenters. The summed E-state index contributed by atoms with van der Waals surface area (Å²) in [7, 11) is 0. The number of cyclic esters (lactones) is 1. The summed E-state index contributed by atoms with van der Waals surface area (Å²) >= 11 is 0.